The van der Waals surface area contributed by atoms with Crippen molar-refractivity contribution in [3.63, 3.8) is 0 Å². The molecule has 0 aliphatic heterocycles. The average Bonchev–Trinajstić information content (AvgIpc) is 2.97. The van der Waals surface area contributed by atoms with Crippen molar-refractivity contribution in [3.8, 4) is 17.0 Å². The molecule has 3 aromatic rings. The van der Waals surface area contributed by atoms with E-state index >= 15 is 0 Å². The number of para-hydroxylation sites is 1. The van der Waals surface area contributed by atoms with E-state index in [2.05, 4.69) is 10.3 Å². The molecule has 0 saturated heterocycles. The first kappa shape index (κ1) is 14.6. The monoisotopic (exact) mass is 330 g/mol. The highest BCUT2D eigenvalue weighted by molar-refractivity contribution is 7.14. The Morgan fingerprint density at radius 2 is 1.82 bits per heavy atom. The molecule has 0 radical (unpaired) electrons. The molecule has 22 heavy (non-hydrogen) atoms. The number of nitrogens with one attached hydrogen (secondary N) is 1. The zero-order valence-electron chi connectivity index (χ0n) is 11.3. The van der Waals surface area contributed by atoms with Gasteiger partial charge in [0.2, 0.25) is 0 Å². The number of carbonyl (C=O) groups excluding carboxylic acids is 1. The van der Waals surface area contributed by atoms with Crippen molar-refractivity contribution in [2.75, 3.05) is 5.32 Å². The van der Waals surface area contributed by atoms with E-state index in [1.54, 1.807) is 36.4 Å². The molecule has 0 unspecified atom stereocenters. The third-order valence-electron chi connectivity index (χ3n) is 2.81. The summed E-state index contributed by atoms with van der Waals surface area (Å²) >= 11 is 7.19. The molecule has 0 spiro atoms. The number of amides is 1. The Kier molecular flexibility index (Phi) is 4.37. The second-order valence-corrected chi connectivity index (χ2v) is 5.67. The second-order valence-electron chi connectivity index (χ2n) is 4.37. The van der Waals surface area contributed by atoms with Crippen LogP contribution in [-0.2, 0) is 0 Å². The molecule has 0 aliphatic carbocycles. The average molecular weight is 331 g/mol. The summed E-state index contributed by atoms with van der Waals surface area (Å²) in [5.74, 6) is 0.481. The van der Waals surface area contributed by atoms with Crippen molar-refractivity contribution >= 4 is 34.2 Å². The SMILES string of the molecule is O=C(Nc1nc(-c2ccc(Cl)cc2)cs1)Oc1ccccc1. The van der Waals surface area contributed by atoms with Gasteiger partial charge in [-0.25, -0.2) is 9.78 Å². The minimum absolute atomic E-state index is 0.478. The number of rotatable bonds is 3. The highest BCUT2D eigenvalue weighted by Gasteiger charge is 2.09. The molecule has 0 fully saturated rings. The zero-order chi connectivity index (χ0) is 15.4. The molecule has 1 heterocycles. The van der Waals surface area contributed by atoms with E-state index in [1.807, 2.05) is 23.6 Å². The molecule has 1 N–H and O–H groups in total. The largest absolute Gasteiger partial charge is 0.418 e. The van der Waals surface area contributed by atoms with Gasteiger partial charge in [-0.05, 0) is 24.3 Å². The van der Waals surface area contributed by atoms with Crippen LogP contribution in [0.1, 0.15) is 0 Å². The predicted molar refractivity (Wildman–Crippen MR) is 88.6 cm³/mol. The first-order valence-corrected chi connectivity index (χ1v) is 7.72. The molecule has 1 amide bonds. The summed E-state index contributed by atoms with van der Waals surface area (Å²) in [5.41, 5.74) is 1.71. The van der Waals surface area contributed by atoms with Crippen molar-refractivity contribution in [1.29, 1.82) is 0 Å². The number of thiazole rings is 1. The number of anilines is 1. The van der Waals surface area contributed by atoms with Gasteiger partial charge < -0.3 is 4.74 Å². The maximum absolute atomic E-state index is 11.8. The minimum atomic E-state index is -0.566. The fraction of sp³-hybridized carbons (Fsp3) is 0. The molecule has 0 saturated carbocycles. The van der Waals surface area contributed by atoms with Crippen LogP contribution in [0.3, 0.4) is 0 Å². The minimum Gasteiger partial charge on any atom is -0.410 e. The predicted octanol–water partition coefficient (Wildman–Crippen LogP) is 5.07. The number of ether oxygens (including phenoxy) is 1. The molecule has 3 rings (SSSR count). The van der Waals surface area contributed by atoms with Crippen molar-refractivity contribution in [1.82, 2.24) is 4.98 Å². The number of nitrogens with zero attached hydrogens (tertiary/aromatic N) is 1. The van der Waals surface area contributed by atoms with Crippen LogP contribution >= 0.6 is 22.9 Å². The van der Waals surface area contributed by atoms with Gasteiger partial charge >= 0.3 is 6.09 Å². The van der Waals surface area contributed by atoms with Crippen LogP contribution < -0.4 is 10.1 Å². The fourth-order valence-corrected chi connectivity index (χ4v) is 2.62. The number of hydrogen-bond acceptors (Lipinski definition) is 4. The lowest BCUT2D eigenvalue weighted by atomic mass is 10.2. The third kappa shape index (κ3) is 3.63. The molecule has 4 nitrogen and oxygen atoms in total. The Morgan fingerprint density at radius 1 is 1.09 bits per heavy atom. The van der Waals surface area contributed by atoms with Crippen molar-refractivity contribution in [2.45, 2.75) is 0 Å². The van der Waals surface area contributed by atoms with Gasteiger partial charge in [-0.3, -0.25) is 5.32 Å². The van der Waals surface area contributed by atoms with Crippen molar-refractivity contribution < 1.29 is 9.53 Å². The number of benzene rings is 2. The van der Waals surface area contributed by atoms with Gasteiger partial charge in [0.1, 0.15) is 5.75 Å². The van der Waals surface area contributed by atoms with Crippen molar-refractivity contribution in [3.05, 3.63) is 65.0 Å². The van der Waals surface area contributed by atoms with E-state index < -0.39 is 6.09 Å². The Morgan fingerprint density at radius 3 is 2.55 bits per heavy atom. The number of carbonyl (C=O) groups is 1. The van der Waals surface area contributed by atoms with E-state index in [4.69, 9.17) is 16.3 Å². The Labute approximate surface area is 136 Å². The Hall–Kier alpha value is -2.37. The van der Waals surface area contributed by atoms with Crippen LogP contribution in [-0.4, -0.2) is 11.1 Å². The lowest BCUT2D eigenvalue weighted by Gasteiger charge is -2.03. The number of hydrogen-bond donors (Lipinski definition) is 1. The van der Waals surface area contributed by atoms with E-state index in [9.17, 15) is 4.79 Å². The molecule has 0 aliphatic rings. The summed E-state index contributed by atoms with van der Waals surface area (Å²) in [7, 11) is 0. The molecule has 0 atom stereocenters. The van der Waals surface area contributed by atoms with Crippen LogP contribution in [0.2, 0.25) is 5.02 Å². The smallest absolute Gasteiger partial charge is 0.410 e. The quantitative estimate of drug-likeness (QED) is 0.729. The van der Waals surface area contributed by atoms with Crippen molar-refractivity contribution in [2.24, 2.45) is 0 Å². The second kappa shape index (κ2) is 6.60. The molecule has 6 heteroatoms. The van der Waals surface area contributed by atoms with Crippen LogP contribution in [0.25, 0.3) is 11.3 Å². The van der Waals surface area contributed by atoms with Gasteiger partial charge in [0, 0.05) is 16.0 Å². The van der Waals surface area contributed by atoms with Gasteiger partial charge in [-0.2, -0.15) is 0 Å². The molecule has 2 aromatic carbocycles. The summed E-state index contributed by atoms with van der Waals surface area (Å²) in [5, 5.41) is 5.62. The molecular formula is C16H11ClN2O2S. The van der Waals surface area contributed by atoms with E-state index in [0.29, 0.717) is 15.9 Å². The van der Waals surface area contributed by atoms with Crippen LogP contribution in [0.4, 0.5) is 9.93 Å². The van der Waals surface area contributed by atoms with Gasteiger partial charge in [0.05, 0.1) is 5.69 Å². The van der Waals surface area contributed by atoms with Crippen LogP contribution in [0, 0.1) is 0 Å². The van der Waals surface area contributed by atoms with E-state index in [1.165, 1.54) is 11.3 Å². The first-order chi connectivity index (χ1) is 10.7. The lowest BCUT2D eigenvalue weighted by Crippen LogP contribution is -2.16. The summed E-state index contributed by atoms with van der Waals surface area (Å²) < 4.78 is 5.15. The summed E-state index contributed by atoms with van der Waals surface area (Å²) in [4.78, 5) is 16.1. The van der Waals surface area contributed by atoms with Crippen LogP contribution in [0.5, 0.6) is 5.75 Å². The van der Waals surface area contributed by atoms with E-state index in [-0.39, 0.29) is 0 Å². The molecular weight excluding hydrogens is 320 g/mol. The Bertz CT molecular complexity index is 772. The highest BCUT2D eigenvalue weighted by atomic mass is 35.5. The number of aromatic nitrogens is 1. The topological polar surface area (TPSA) is 51.2 Å². The normalized spacial score (nSPS) is 10.2. The summed E-state index contributed by atoms with van der Waals surface area (Å²) in [6, 6.07) is 16.2. The third-order valence-corrected chi connectivity index (χ3v) is 3.82. The first-order valence-electron chi connectivity index (χ1n) is 6.46. The number of halogens is 1. The van der Waals surface area contributed by atoms with Gasteiger partial charge in [0.15, 0.2) is 5.13 Å². The lowest BCUT2D eigenvalue weighted by molar-refractivity contribution is 0.215. The highest BCUT2D eigenvalue weighted by Crippen LogP contribution is 2.26. The molecule has 0 bridgehead atoms. The summed E-state index contributed by atoms with van der Waals surface area (Å²) in [6.45, 7) is 0. The van der Waals surface area contributed by atoms with Gasteiger partial charge in [-0.1, -0.05) is 41.9 Å². The maximum Gasteiger partial charge on any atom is 0.418 e. The van der Waals surface area contributed by atoms with Gasteiger partial charge in [0.25, 0.3) is 0 Å². The standard InChI is InChI=1S/C16H11ClN2O2S/c17-12-8-6-11(7-9-12)14-10-22-15(18-14)19-16(20)21-13-4-2-1-3-5-13/h1-10H,(H,18,19,20). The summed E-state index contributed by atoms with van der Waals surface area (Å²) in [6.07, 6.45) is -0.566. The zero-order valence-corrected chi connectivity index (χ0v) is 12.9. The fourth-order valence-electron chi connectivity index (χ4n) is 1.79. The molecule has 1 aromatic heterocycles. The Balaban J connectivity index is 1.66. The van der Waals surface area contributed by atoms with E-state index in [0.717, 1.165) is 11.3 Å². The van der Waals surface area contributed by atoms with Gasteiger partial charge in [-0.15, -0.1) is 11.3 Å². The van der Waals surface area contributed by atoms with Crippen LogP contribution in [0.15, 0.2) is 60.0 Å². The molecule has 110 valence electrons. The maximum atomic E-state index is 11.8.